The van der Waals surface area contributed by atoms with Crippen molar-refractivity contribution in [1.29, 1.82) is 0 Å². The van der Waals surface area contributed by atoms with Crippen LogP contribution in [0, 0.1) is 5.92 Å². The molecule has 0 spiro atoms. The molecule has 0 saturated carbocycles. The lowest BCUT2D eigenvalue weighted by atomic mass is 9.95. The predicted octanol–water partition coefficient (Wildman–Crippen LogP) is 1.39. The van der Waals surface area contributed by atoms with Crippen molar-refractivity contribution in [3.05, 3.63) is 0 Å². The van der Waals surface area contributed by atoms with Gasteiger partial charge in [0, 0.05) is 32.7 Å². The summed E-state index contributed by atoms with van der Waals surface area (Å²) in [6.45, 7) is 5.78. The monoisotopic (exact) mass is 242 g/mol. The zero-order valence-electron chi connectivity index (χ0n) is 11.3. The van der Waals surface area contributed by atoms with E-state index in [-0.39, 0.29) is 18.1 Å². The summed E-state index contributed by atoms with van der Waals surface area (Å²) in [5.41, 5.74) is 5.67. The molecule has 1 rings (SSSR count). The summed E-state index contributed by atoms with van der Waals surface area (Å²) in [7, 11) is 1.73. The Morgan fingerprint density at radius 2 is 2.29 bits per heavy atom. The number of ether oxygens (including phenoxy) is 1. The van der Waals surface area contributed by atoms with E-state index >= 15 is 0 Å². The third-order valence-electron chi connectivity index (χ3n) is 3.59. The van der Waals surface area contributed by atoms with E-state index in [0.717, 1.165) is 32.4 Å². The Bertz CT molecular complexity index is 244. The van der Waals surface area contributed by atoms with Crippen LogP contribution in [0.25, 0.3) is 0 Å². The maximum Gasteiger partial charge on any atom is 0.222 e. The molecule has 0 aliphatic carbocycles. The van der Waals surface area contributed by atoms with Gasteiger partial charge in [-0.05, 0) is 32.1 Å². The van der Waals surface area contributed by atoms with Crippen LogP contribution in [-0.2, 0) is 9.53 Å². The van der Waals surface area contributed by atoms with Crippen molar-refractivity contribution in [2.75, 3.05) is 20.2 Å². The first-order valence-corrected chi connectivity index (χ1v) is 6.60. The van der Waals surface area contributed by atoms with Crippen LogP contribution in [0.3, 0.4) is 0 Å². The van der Waals surface area contributed by atoms with Crippen molar-refractivity contribution in [3.63, 3.8) is 0 Å². The normalized spacial score (nSPS) is 26.9. The highest BCUT2D eigenvalue weighted by Gasteiger charge is 2.28. The summed E-state index contributed by atoms with van der Waals surface area (Å²) in [4.78, 5) is 13.9. The molecule has 100 valence electrons. The van der Waals surface area contributed by atoms with Gasteiger partial charge in [0.2, 0.25) is 5.91 Å². The second kappa shape index (κ2) is 6.97. The van der Waals surface area contributed by atoms with E-state index in [2.05, 4.69) is 6.92 Å². The zero-order valence-corrected chi connectivity index (χ0v) is 11.3. The van der Waals surface area contributed by atoms with Gasteiger partial charge in [-0.25, -0.2) is 0 Å². The molecule has 0 aromatic heterocycles. The standard InChI is InChI=1S/C13H26N2O2/c1-10-7-8-15(9-12(10)17-3)13(16)6-4-5-11(2)14/h10-12H,4-9,14H2,1-3H3. The number of methoxy groups -OCH3 is 1. The van der Waals surface area contributed by atoms with E-state index in [1.807, 2.05) is 11.8 Å². The van der Waals surface area contributed by atoms with Gasteiger partial charge in [-0.3, -0.25) is 4.79 Å². The molecular formula is C13H26N2O2. The molecule has 3 unspecified atom stereocenters. The highest BCUT2D eigenvalue weighted by molar-refractivity contribution is 5.76. The first-order chi connectivity index (χ1) is 8.04. The lowest BCUT2D eigenvalue weighted by molar-refractivity contribution is -0.136. The van der Waals surface area contributed by atoms with Crippen LogP contribution in [0.5, 0.6) is 0 Å². The Labute approximate surface area is 104 Å². The minimum Gasteiger partial charge on any atom is -0.379 e. The minimum atomic E-state index is 0.191. The Balaban J connectivity index is 2.32. The summed E-state index contributed by atoms with van der Waals surface area (Å²) in [6.07, 6.45) is 3.66. The molecule has 1 aliphatic heterocycles. The van der Waals surface area contributed by atoms with Crippen molar-refractivity contribution in [3.8, 4) is 0 Å². The number of likely N-dealkylation sites (tertiary alicyclic amines) is 1. The van der Waals surface area contributed by atoms with E-state index in [1.54, 1.807) is 7.11 Å². The zero-order chi connectivity index (χ0) is 12.8. The van der Waals surface area contributed by atoms with Gasteiger partial charge in [0.25, 0.3) is 0 Å². The number of amides is 1. The van der Waals surface area contributed by atoms with Crippen LogP contribution in [0.4, 0.5) is 0 Å². The van der Waals surface area contributed by atoms with E-state index < -0.39 is 0 Å². The Kier molecular flexibility index (Phi) is 5.92. The highest BCUT2D eigenvalue weighted by atomic mass is 16.5. The number of piperidine rings is 1. The van der Waals surface area contributed by atoms with Gasteiger partial charge in [0.05, 0.1) is 6.10 Å². The summed E-state index contributed by atoms with van der Waals surface area (Å²) in [5.74, 6) is 0.799. The van der Waals surface area contributed by atoms with E-state index in [9.17, 15) is 4.79 Å². The molecule has 0 aromatic rings. The predicted molar refractivity (Wildman–Crippen MR) is 68.7 cm³/mol. The fourth-order valence-corrected chi connectivity index (χ4v) is 2.30. The molecule has 0 bridgehead atoms. The molecule has 4 heteroatoms. The van der Waals surface area contributed by atoms with Crippen LogP contribution in [0.15, 0.2) is 0 Å². The number of rotatable bonds is 5. The van der Waals surface area contributed by atoms with Crippen molar-refractivity contribution >= 4 is 5.91 Å². The number of nitrogens with zero attached hydrogens (tertiary/aromatic N) is 1. The fourth-order valence-electron chi connectivity index (χ4n) is 2.30. The smallest absolute Gasteiger partial charge is 0.222 e. The average Bonchev–Trinajstić information content (AvgIpc) is 2.29. The summed E-state index contributed by atoms with van der Waals surface area (Å²) in [6, 6.07) is 0.191. The molecule has 1 saturated heterocycles. The third-order valence-corrected chi connectivity index (χ3v) is 3.59. The second-order valence-corrected chi connectivity index (χ2v) is 5.25. The molecule has 1 fully saturated rings. The molecule has 17 heavy (non-hydrogen) atoms. The van der Waals surface area contributed by atoms with Crippen LogP contribution in [-0.4, -0.2) is 43.2 Å². The molecule has 0 radical (unpaired) electrons. The van der Waals surface area contributed by atoms with Gasteiger partial charge in [-0.2, -0.15) is 0 Å². The van der Waals surface area contributed by atoms with Crippen molar-refractivity contribution in [2.24, 2.45) is 11.7 Å². The number of hydrogen-bond donors (Lipinski definition) is 1. The van der Waals surface area contributed by atoms with Gasteiger partial charge in [-0.15, -0.1) is 0 Å². The van der Waals surface area contributed by atoms with Crippen molar-refractivity contribution in [2.45, 2.75) is 51.7 Å². The number of nitrogens with two attached hydrogens (primary N) is 1. The Morgan fingerprint density at radius 3 is 2.88 bits per heavy atom. The molecule has 3 atom stereocenters. The van der Waals surface area contributed by atoms with Crippen LogP contribution in [0.2, 0.25) is 0 Å². The van der Waals surface area contributed by atoms with Gasteiger partial charge in [-0.1, -0.05) is 6.92 Å². The van der Waals surface area contributed by atoms with Gasteiger partial charge < -0.3 is 15.4 Å². The number of carbonyl (C=O) groups is 1. The number of carbonyl (C=O) groups excluding carboxylic acids is 1. The molecular weight excluding hydrogens is 216 g/mol. The SMILES string of the molecule is COC1CN(C(=O)CCCC(C)N)CCC1C. The first kappa shape index (κ1) is 14.5. The summed E-state index contributed by atoms with van der Waals surface area (Å²) in [5, 5.41) is 0. The maximum absolute atomic E-state index is 12.0. The molecule has 1 aliphatic rings. The number of hydrogen-bond acceptors (Lipinski definition) is 3. The Morgan fingerprint density at radius 1 is 1.59 bits per heavy atom. The topological polar surface area (TPSA) is 55.6 Å². The van der Waals surface area contributed by atoms with Crippen LogP contribution < -0.4 is 5.73 Å². The summed E-state index contributed by atoms with van der Waals surface area (Å²) >= 11 is 0. The lowest BCUT2D eigenvalue weighted by Crippen LogP contribution is -2.46. The third kappa shape index (κ3) is 4.64. The molecule has 1 heterocycles. The van der Waals surface area contributed by atoms with Crippen LogP contribution >= 0.6 is 0 Å². The van der Waals surface area contributed by atoms with Gasteiger partial charge in [0.15, 0.2) is 0 Å². The summed E-state index contributed by atoms with van der Waals surface area (Å²) < 4.78 is 5.41. The van der Waals surface area contributed by atoms with E-state index in [4.69, 9.17) is 10.5 Å². The van der Waals surface area contributed by atoms with Gasteiger partial charge in [0.1, 0.15) is 0 Å². The van der Waals surface area contributed by atoms with Crippen LogP contribution in [0.1, 0.15) is 39.5 Å². The largest absolute Gasteiger partial charge is 0.379 e. The second-order valence-electron chi connectivity index (χ2n) is 5.25. The Hall–Kier alpha value is -0.610. The maximum atomic E-state index is 12.0. The van der Waals surface area contributed by atoms with Gasteiger partial charge >= 0.3 is 0 Å². The quantitative estimate of drug-likeness (QED) is 0.792. The molecule has 0 aromatic carbocycles. The molecule has 4 nitrogen and oxygen atoms in total. The van der Waals surface area contributed by atoms with E-state index in [0.29, 0.717) is 12.3 Å². The molecule has 1 amide bonds. The van der Waals surface area contributed by atoms with Crippen molar-refractivity contribution < 1.29 is 9.53 Å². The first-order valence-electron chi connectivity index (χ1n) is 6.60. The lowest BCUT2D eigenvalue weighted by Gasteiger charge is -2.36. The molecule has 2 N–H and O–H groups in total. The average molecular weight is 242 g/mol. The van der Waals surface area contributed by atoms with Crippen molar-refractivity contribution in [1.82, 2.24) is 4.90 Å². The van der Waals surface area contributed by atoms with E-state index in [1.165, 1.54) is 0 Å². The fraction of sp³-hybridized carbons (Fsp3) is 0.923. The highest BCUT2D eigenvalue weighted by Crippen LogP contribution is 2.20. The minimum absolute atomic E-state index is 0.191.